The second-order valence-corrected chi connectivity index (χ2v) is 12.5. The summed E-state index contributed by atoms with van der Waals surface area (Å²) in [5, 5.41) is 12.0. The van der Waals surface area contributed by atoms with Gasteiger partial charge in [0.25, 0.3) is 0 Å². The van der Waals surface area contributed by atoms with Crippen LogP contribution in [0.1, 0.15) is 103 Å². The molecule has 0 aromatic heterocycles. The molecule has 3 nitrogen and oxygen atoms in total. The van der Waals surface area contributed by atoms with Crippen LogP contribution in [-0.2, 0) is 4.79 Å². The van der Waals surface area contributed by atoms with E-state index in [1.807, 2.05) is 6.07 Å². The third kappa shape index (κ3) is 4.08. The van der Waals surface area contributed by atoms with E-state index in [4.69, 9.17) is 0 Å². The Morgan fingerprint density at radius 2 is 1.88 bits per heavy atom. The Morgan fingerprint density at radius 3 is 2.71 bits per heavy atom. The van der Waals surface area contributed by atoms with E-state index in [1.165, 1.54) is 82.4 Å². The lowest BCUT2D eigenvalue weighted by atomic mass is 9.45. The molecular formula is C30H41FN2O. The molecule has 4 aliphatic rings. The zero-order valence-electron chi connectivity index (χ0n) is 21.0. The fourth-order valence-corrected chi connectivity index (χ4v) is 9.32. The second-order valence-electron chi connectivity index (χ2n) is 12.5. The fourth-order valence-electron chi connectivity index (χ4n) is 9.32. The summed E-state index contributed by atoms with van der Waals surface area (Å²) in [6.07, 6.45) is 16.7. The number of carbonyl (C=O) groups excluding carboxylic acids is 1. The van der Waals surface area contributed by atoms with Gasteiger partial charge in [0.05, 0.1) is 11.3 Å². The maximum Gasteiger partial charge on any atom is 0.224 e. The van der Waals surface area contributed by atoms with E-state index in [2.05, 4.69) is 19.2 Å². The number of fused-ring (bicyclic) bond motifs is 5. The number of carbonyl (C=O) groups is 1. The molecule has 1 aromatic rings. The van der Waals surface area contributed by atoms with Crippen LogP contribution in [0.5, 0.6) is 0 Å². The van der Waals surface area contributed by atoms with Gasteiger partial charge in [0.2, 0.25) is 5.91 Å². The Bertz CT molecular complexity index is 969. The Morgan fingerprint density at radius 1 is 1.06 bits per heavy atom. The number of benzene rings is 1. The molecule has 34 heavy (non-hydrogen) atoms. The number of hydrogen-bond acceptors (Lipinski definition) is 2. The van der Waals surface area contributed by atoms with Crippen LogP contribution in [0.25, 0.3) is 0 Å². The monoisotopic (exact) mass is 464 g/mol. The van der Waals surface area contributed by atoms with Gasteiger partial charge in [-0.25, -0.2) is 4.39 Å². The topological polar surface area (TPSA) is 52.9 Å². The van der Waals surface area contributed by atoms with Crippen molar-refractivity contribution in [1.29, 1.82) is 5.26 Å². The smallest absolute Gasteiger partial charge is 0.224 e. The van der Waals surface area contributed by atoms with Crippen LogP contribution in [0.3, 0.4) is 0 Å². The zero-order chi connectivity index (χ0) is 23.9. The van der Waals surface area contributed by atoms with Gasteiger partial charge in [-0.1, -0.05) is 26.7 Å². The van der Waals surface area contributed by atoms with Gasteiger partial charge in [0.15, 0.2) is 0 Å². The molecule has 4 heteroatoms. The highest BCUT2D eigenvalue weighted by atomic mass is 19.1. The zero-order valence-corrected chi connectivity index (χ0v) is 21.0. The first-order chi connectivity index (χ1) is 16.3. The highest BCUT2D eigenvalue weighted by Gasteiger charge is 2.59. The van der Waals surface area contributed by atoms with Crippen molar-refractivity contribution in [3.63, 3.8) is 0 Å². The molecule has 0 aliphatic heterocycles. The van der Waals surface area contributed by atoms with Gasteiger partial charge < -0.3 is 5.32 Å². The average molecular weight is 465 g/mol. The van der Waals surface area contributed by atoms with E-state index >= 15 is 0 Å². The highest BCUT2D eigenvalue weighted by Crippen LogP contribution is 2.67. The molecule has 0 bridgehead atoms. The minimum Gasteiger partial charge on any atom is -0.325 e. The fraction of sp³-hybridized carbons (Fsp3) is 0.733. The van der Waals surface area contributed by atoms with Crippen LogP contribution in [0.2, 0.25) is 0 Å². The standard InChI is InChI=1S/C30H41FN2O/c1-29-16-4-3-6-21(29)9-12-24-25-13-10-22(30(25,2)17-15-26(24)29)7-5-8-28(34)33-27-14-11-23(31)18-20(27)19-32/h11,14,18,21-22,24-26H,3-10,12-13,15-17H2,1-2H3,(H,33,34). The van der Waals surface area contributed by atoms with Gasteiger partial charge in [-0.3, -0.25) is 4.79 Å². The maximum atomic E-state index is 13.4. The van der Waals surface area contributed by atoms with Crippen molar-refractivity contribution in [1.82, 2.24) is 0 Å². The van der Waals surface area contributed by atoms with Gasteiger partial charge in [-0.05, 0) is 123 Å². The summed E-state index contributed by atoms with van der Waals surface area (Å²) in [6, 6.07) is 5.91. The van der Waals surface area contributed by atoms with Gasteiger partial charge in [0, 0.05) is 6.42 Å². The Hall–Kier alpha value is -1.89. The van der Waals surface area contributed by atoms with Crippen LogP contribution < -0.4 is 5.32 Å². The molecule has 0 heterocycles. The Balaban J connectivity index is 1.18. The lowest BCUT2D eigenvalue weighted by Crippen LogP contribution is -2.52. The molecule has 0 spiro atoms. The quantitative estimate of drug-likeness (QED) is 0.482. The maximum absolute atomic E-state index is 13.4. The lowest BCUT2D eigenvalue weighted by Gasteiger charge is -2.60. The molecule has 0 radical (unpaired) electrons. The molecule has 1 amide bonds. The Kier molecular flexibility index (Phi) is 6.51. The molecule has 4 fully saturated rings. The summed E-state index contributed by atoms with van der Waals surface area (Å²) < 4.78 is 13.4. The van der Waals surface area contributed by atoms with Crippen molar-refractivity contribution in [3.8, 4) is 6.07 Å². The van der Waals surface area contributed by atoms with Crippen molar-refractivity contribution in [3.05, 3.63) is 29.6 Å². The first-order valence-electron chi connectivity index (χ1n) is 13.8. The van der Waals surface area contributed by atoms with E-state index in [1.54, 1.807) is 0 Å². The van der Waals surface area contributed by atoms with E-state index in [0.717, 1.165) is 42.4 Å². The Labute approximate surface area is 204 Å². The molecule has 184 valence electrons. The molecule has 7 unspecified atom stereocenters. The van der Waals surface area contributed by atoms with E-state index in [9.17, 15) is 14.4 Å². The molecule has 7 atom stereocenters. The predicted molar refractivity (Wildman–Crippen MR) is 133 cm³/mol. The van der Waals surface area contributed by atoms with Gasteiger partial charge in [-0.15, -0.1) is 0 Å². The third-order valence-corrected chi connectivity index (χ3v) is 11.1. The number of rotatable bonds is 5. The number of halogens is 1. The summed E-state index contributed by atoms with van der Waals surface area (Å²) in [6.45, 7) is 5.23. The summed E-state index contributed by atoms with van der Waals surface area (Å²) >= 11 is 0. The third-order valence-electron chi connectivity index (χ3n) is 11.1. The molecule has 4 aliphatic carbocycles. The summed E-state index contributed by atoms with van der Waals surface area (Å²) in [5.74, 6) is 3.92. The van der Waals surface area contributed by atoms with Gasteiger partial charge >= 0.3 is 0 Å². The minimum atomic E-state index is -0.459. The first-order valence-corrected chi connectivity index (χ1v) is 13.8. The highest BCUT2D eigenvalue weighted by molar-refractivity contribution is 5.92. The summed E-state index contributed by atoms with van der Waals surface area (Å²) in [5.41, 5.74) is 1.63. The van der Waals surface area contributed by atoms with Crippen molar-refractivity contribution in [2.45, 2.75) is 97.3 Å². The predicted octanol–water partition coefficient (Wildman–Crippen LogP) is 7.86. The number of amides is 1. The van der Waals surface area contributed by atoms with E-state index in [-0.39, 0.29) is 11.5 Å². The van der Waals surface area contributed by atoms with Gasteiger partial charge in [0.1, 0.15) is 11.9 Å². The van der Waals surface area contributed by atoms with Crippen molar-refractivity contribution in [2.24, 2.45) is 40.4 Å². The van der Waals surface area contributed by atoms with Crippen molar-refractivity contribution >= 4 is 11.6 Å². The van der Waals surface area contributed by atoms with Crippen LogP contribution in [-0.4, -0.2) is 5.91 Å². The van der Waals surface area contributed by atoms with E-state index in [0.29, 0.717) is 22.9 Å². The van der Waals surface area contributed by atoms with Crippen LogP contribution in [0, 0.1) is 57.6 Å². The summed E-state index contributed by atoms with van der Waals surface area (Å²) in [7, 11) is 0. The number of nitrogens with one attached hydrogen (secondary N) is 1. The molecule has 0 saturated heterocycles. The number of nitrogens with zero attached hydrogens (tertiary/aromatic N) is 1. The SMILES string of the molecule is CC12CCCCC1CCC1C2CCC2(C)C(CCCC(=O)Nc3ccc(F)cc3C#N)CCC12. The normalized spacial score (nSPS) is 38.8. The lowest BCUT2D eigenvalue weighted by molar-refractivity contribution is -0.117. The largest absolute Gasteiger partial charge is 0.325 e. The number of hydrogen-bond donors (Lipinski definition) is 1. The van der Waals surface area contributed by atoms with E-state index < -0.39 is 5.82 Å². The molecule has 1 aromatic carbocycles. The summed E-state index contributed by atoms with van der Waals surface area (Å²) in [4.78, 5) is 12.5. The van der Waals surface area contributed by atoms with Crippen LogP contribution in [0.4, 0.5) is 10.1 Å². The number of anilines is 1. The van der Waals surface area contributed by atoms with Gasteiger partial charge in [-0.2, -0.15) is 5.26 Å². The molecule has 5 rings (SSSR count). The number of nitriles is 1. The second kappa shape index (κ2) is 9.29. The van der Waals surface area contributed by atoms with Crippen molar-refractivity contribution < 1.29 is 9.18 Å². The van der Waals surface area contributed by atoms with Crippen LogP contribution in [0.15, 0.2) is 18.2 Å². The van der Waals surface area contributed by atoms with Crippen molar-refractivity contribution in [2.75, 3.05) is 5.32 Å². The minimum absolute atomic E-state index is 0.0740. The average Bonchev–Trinajstić information content (AvgIpc) is 3.16. The molecule has 4 saturated carbocycles. The molecule has 1 N–H and O–H groups in total. The molecular weight excluding hydrogens is 423 g/mol. The first kappa shape index (κ1) is 23.8. The van der Waals surface area contributed by atoms with Crippen LogP contribution >= 0.6 is 0 Å².